The number of hydrogen-bond donors (Lipinski definition) is 0. The van der Waals surface area contributed by atoms with E-state index in [-0.39, 0.29) is 6.04 Å². The van der Waals surface area contributed by atoms with Crippen LogP contribution in [0.3, 0.4) is 0 Å². The number of benzene rings is 6. The number of para-hydroxylation sites is 1. The normalized spacial score (nSPS) is 15.1. The van der Waals surface area contributed by atoms with Crippen molar-refractivity contribution in [2.24, 2.45) is 0 Å². The molecule has 0 radical (unpaired) electrons. The van der Waals surface area contributed by atoms with Crippen molar-refractivity contribution in [2.75, 3.05) is 9.80 Å². The molecule has 0 N–H and O–H groups in total. The first-order valence-corrected chi connectivity index (χ1v) is 16.3. The molecule has 8 rings (SSSR count). The van der Waals surface area contributed by atoms with Crippen molar-refractivity contribution in [1.82, 2.24) is 0 Å². The predicted octanol–water partition coefficient (Wildman–Crippen LogP) is 12.0. The molecule has 0 aliphatic heterocycles. The highest BCUT2D eigenvalue weighted by atomic mass is 15.2. The molecule has 0 amide bonds. The quantitative estimate of drug-likeness (QED) is 0.182. The zero-order valence-corrected chi connectivity index (χ0v) is 25.8. The van der Waals surface area contributed by atoms with E-state index in [0.717, 1.165) is 30.6 Å². The Hall–Kier alpha value is -5.60. The predicted molar refractivity (Wildman–Crippen MR) is 197 cm³/mol. The summed E-state index contributed by atoms with van der Waals surface area (Å²) >= 11 is 0. The van der Waals surface area contributed by atoms with Crippen LogP contribution in [0, 0.1) is 0 Å². The highest BCUT2D eigenvalue weighted by molar-refractivity contribution is 5.99. The van der Waals surface area contributed by atoms with Gasteiger partial charge in [0, 0.05) is 33.7 Å². The van der Waals surface area contributed by atoms with Gasteiger partial charge in [-0.1, -0.05) is 127 Å². The molecule has 2 aliphatic rings. The summed E-state index contributed by atoms with van der Waals surface area (Å²) in [4.78, 5) is 4.87. The maximum Gasteiger partial charge on any atom is 0.0560 e. The summed E-state index contributed by atoms with van der Waals surface area (Å²) in [6.07, 6.45) is 16.8. The summed E-state index contributed by atoms with van der Waals surface area (Å²) in [6.45, 7) is 0. The average molecular weight is 593 g/mol. The second kappa shape index (κ2) is 12.4. The Morgan fingerprint density at radius 2 is 1.20 bits per heavy atom. The standard InChI is InChI=1S/C44H36N2/c1-3-17-37(18-4-1)45(43-23-11-15-35-13-7-9-21-41(35)43)39-29-25-33(26-30-39)34-27-31-40(32-28-34)46(38-19-5-2-6-20-38)44-24-12-16-36-14-8-10-22-42(36)44/h1-7,9-13,15-19,21-32,38H,8,14,20H2. The number of hydrogen-bond acceptors (Lipinski definition) is 2. The van der Waals surface area contributed by atoms with Crippen LogP contribution < -0.4 is 9.80 Å². The summed E-state index contributed by atoms with van der Waals surface area (Å²) < 4.78 is 0. The van der Waals surface area contributed by atoms with E-state index < -0.39 is 0 Å². The summed E-state index contributed by atoms with van der Waals surface area (Å²) in [5, 5.41) is 2.47. The maximum absolute atomic E-state index is 2.52. The minimum absolute atomic E-state index is 0.273. The number of anilines is 5. The summed E-state index contributed by atoms with van der Waals surface area (Å²) in [6, 6.07) is 50.9. The van der Waals surface area contributed by atoms with Crippen molar-refractivity contribution in [1.29, 1.82) is 0 Å². The first-order valence-electron chi connectivity index (χ1n) is 16.3. The molecular formula is C44H36N2. The zero-order chi connectivity index (χ0) is 30.7. The molecule has 1 unspecified atom stereocenters. The van der Waals surface area contributed by atoms with Crippen molar-refractivity contribution < 1.29 is 0 Å². The Labute approximate surface area is 271 Å². The summed E-state index contributed by atoms with van der Waals surface area (Å²) in [5.41, 5.74) is 11.1. The van der Waals surface area contributed by atoms with Crippen molar-refractivity contribution in [3.8, 4) is 11.1 Å². The molecular weight excluding hydrogens is 556 g/mol. The van der Waals surface area contributed by atoms with Crippen molar-refractivity contribution in [3.63, 3.8) is 0 Å². The van der Waals surface area contributed by atoms with Crippen molar-refractivity contribution in [2.45, 2.75) is 25.3 Å². The van der Waals surface area contributed by atoms with Gasteiger partial charge < -0.3 is 9.80 Å². The van der Waals surface area contributed by atoms with Crippen LogP contribution in [0.15, 0.2) is 170 Å². The van der Waals surface area contributed by atoms with E-state index in [1.165, 1.54) is 50.1 Å². The van der Waals surface area contributed by atoms with Crippen LogP contribution >= 0.6 is 0 Å². The van der Waals surface area contributed by atoms with E-state index in [9.17, 15) is 0 Å². The first kappa shape index (κ1) is 27.9. The fourth-order valence-corrected chi connectivity index (χ4v) is 6.95. The molecule has 0 bridgehead atoms. The van der Waals surface area contributed by atoms with E-state index in [2.05, 4.69) is 186 Å². The second-order valence-corrected chi connectivity index (χ2v) is 12.0. The SMILES string of the molecule is C1=CCC(N(c2ccc(-c3ccc(N(c4ccccc4)c4cccc5ccccc45)cc3)cc2)c2cccc3c2C=CCC3)C=C1. The molecule has 6 aromatic rings. The van der Waals surface area contributed by atoms with Crippen LogP contribution in [-0.4, -0.2) is 6.04 Å². The molecule has 46 heavy (non-hydrogen) atoms. The fraction of sp³-hybridized carbons (Fsp3) is 0.0909. The molecule has 1 atom stereocenters. The van der Waals surface area contributed by atoms with Crippen LogP contribution in [0.1, 0.15) is 24.0 Å². The van der Waals surface area contributed by atoms with Gasteiger partial charge in [0.15, 0.2) is 0 Å². The number of fused-ring (bicyclic) bond motifs is 2. The number of rotatable bonds is 7. The molecule has 0 fully saturated rings. The summed E-state index contributed by atoms with van der Waals surface area (Å²) in [5.74, 6) is 0. The van der Waals surface area contributed by atoms with Gasteiger partial charge in [-0.05, 0) is 89.9 Å². The lowest BCUT2D eigenvalue weighted by Crippen LogP contribution is -2.30. The molecule has 0 saturated carbocycles. The first-order chi connectivity index (χ1) is 22.8. The van der Waals surface area contributed by atoms with Gasteiger partial charge in [0.05, 0.1) is 11.7 Å². The molecule has 222 valence electrons. The Bertz CT molecular complexity index is 2060. The van der Waals surface area contributed by atoms with E-state index >= 15 is 0 Å². The van der Waals surface area contributed by atoms with E-state index in [0.29, 0.717) is 0 Å². The van der Waals surface area contributed by atoms with Gasteiger partial charge in [0.25, 0.3) is 0 Å². The number of nitrogens with zero attached hydrogens (tertiary/aromatic N) is 2. The van der Waals surface area contributed by atoms with Gasteiger partial charge in [0.2, 0.25) is 0 Å². The van der Waals surface area contributed by atoms with Crippen LogP contribution in [0.5, 0.6) is 0 Å². The second-order valence-electron chi connectivity index (χ2n) is 12.0. The van der Waals surface area contributed by atoms with Gasteiger partial charge in [-0.15, -0.1) is 0 Å². The third-order valence-corrected chi connectivity index (χ3v) is 9.21. The third kappa shape index (κ3) is 5.33. The monoisotopic (exact) mass is 592 g/mol. The molecule has 0 spiro atoms. The Morgan fingerprint density at radius 1 is 0.522 bits per heavy atom. The van der Waals surface area contributed by atoms with Gasteiger partial charge in [0.1, 0.15) is 0 Å². The number of aryl methyl sites for hydroxylation is 1. The van der Waals surface area contributed by atoms with Crippen LogP contribution in [0.25, 0.3) is 28.0 Å². The maximum atomic E-state index is 2.52. The largest absolute Gasteiger partial charge is 0.334 e. The Balaban J connectivity index is 1.14. The van der Waals surface area contributed by atoms with E-state index in [4.69, 9.17) is 0 Å². The van der Waals surface area contributed by atoms with E-state index in [1.807, 2.05) is 0 Å². The molecule has 6 aromatic carbocycles. The molecule has 0 heterocycles. The minimum atomic E-state index is 0.273. The lowest BCUT2D eigenvalue weighted by Gasteiger charge is -2.35. The number of allylic oxidation sites excluding steroid dienone is 3. The lowest BCUT2D eigenvalue weighted by molar-refractivity contribution is 0.783. The highest BCUT2D eigenvalue weighted by Gasteiger charge is 2.23. The smallest absolute Gasteiger partial charge is 0.0560 e. The Kier molecular flexibility index (Phi) is 7.54. The molecule has 0 saturated heterocycles. The van der Waals surface area contributed by atoms with E-state index in [1.54, 1.807) is 0 Å². The molecule has 0 aromatic heterocycles. The fourth-order valence-electron chi connectivity index (χ4n) is 6.95. The van der Waals surface area contributed by atoms with Crippen LogP contribution in [0.4, 0.5) is 28.4 Å². The van der Waals surface area contributed by atoms with Crippen LogP contribution in [0.2, 0.25) is 0 Å². The van der Waals surface area contributed by atoms with Crippen LogP contribution in [-0.2, 0) is 6.42 Å². The zero-order valence-electron chi connectivity index (χ0n) is 25.8. The average Bonchev–Trinajstić information content (AvgIpc) is 3.14. The minimum Gasteiger partial charge on any atom is -0.334 e. The summed E-state index contributed by atoms with van der Waals surface area (Å²) in [7, 11) is 0. The lowest BCUT2D eigenvalue weighted by atomic mass is 9.93. The molecule has 2 aliphatic carbocycles. The topological polar surface area (TPSA) is 6.48 Å². The molecule has 2 heteroatoms. The van der Waals surface area contributed by atoms with Gasteiger partial charge in [-0.25, -0.2) is 0 Å². The van der Waals surface area contributed by atoms with Gasteiger partial charge in [-0.3, -0.25) is 0 Å². The molecule has 2 nitrogen and oxygen atoms in total. The van der Waals surface area contributed by atoms with Gasteiger partial charge in [-0.2, -0.15) is 0 Å². The third-order valence-electron chi connectivity index (χ3n) is 9.21. The van der Waals surface area contributed by atoms with Crippen molar-refractivity contribution >= 4 is 45.3 Å². The van der Waals surface area contributed by atoms with Crippen molar-refractivity contribution in [3.05, 3.63) is 181 Å². The highest BCUT2D eigenvalue weighted by Crippen LogP contribution is 2.41. The Morgan fingerprint density at radius 3 is 1.98 bits per heavy atom. The van der Waals surface area contributed by atoms with Gasteiger partial charge >= 0.3 is 0 Å².